The van der Waals surface area contributed by atoms with Gasteiger partial charge in [0.1, 0.15) is 12.1 Å². The summed E-state index contributed by atoms with van der Waals surface area (Å²) in [5.41, 5.74) is 1.94. The van der Waals surface area contributed by atoms with E-state index in [1.165, 1.54) is 0 Å². The Labute approximate surface area is 101 Å². The van der Waals surface area contributed by atoms with Gasteiger partial charge in [0.25, 0.3) is 0 Å². The molecule has 2 heterocycles. The van der Waals surface area contributed by atoms with E-state index in [9.17, 15) is 0 Å². The van der Waals surface area contributed by atoms with Crippen LogP contribution in [-0.4, -0.2) is 34.0 Å². The maximum atomic E-state index is 8.71. The Balaban J connectivity index is 2.10. The Kier molecular flexibility index (Phi) is 3.56. The molecule has 1 aromatic rings. The molecule has 0 aromatic carbocycles. The smallest absolute Gasteiger partial charge is 0.132 e. The number of nitrogens with zero attached hydrogens (tertiary/aromatic N) is 4. The van der Waals surface area contributed by atoms with E-state index in [1.807, 2.05) is 6.07 Å². The Bertz CT molecular complexity index is 407. The van der Waals surface area contributed by atoms with Crippen molar-refractivity contribution in [3.05, 3.63) is 18.1 Å². The van der Waals surface area contributed by atoms with Crippen LogP contribution in [0.5, 0.6) is 0 Å². The van der Waals surface area contributed by atoms with Gasteiger partial charge >= 0.3 is 0 Å². The average Bonchev–Trinajstić information content (AvgIpc) is 2.39. The van der Waals surface area contributed by atoms with Crippen LogP contribution in [0.25, 0.3) is 0 Å². The van der Waals surface area contributed by atoms with Crippen LogP contribution in [0, 0.1) is 0 Å². The molecule has 1 saturated heterocycles. The van der Waals surface area contributed by atoms with Gasteiger partial charge in [-0.05, 0) is 5.92 Å². The van der Waals surface area contributed by atoms with Crippen LogP contribution >= 0.6 is 0 Å². The number of hydrogen-bond donors (Lipinski definition) is 1. The van der Waals surface area contributed by atoms with Crippen LogP contribution in [0.15, 0.2) is 17.5 Å². The lowest BCUT2D eigenvalue weighted by molar-refractivity contribution is 0.315. The SMILES string of the molecule is CC(C)c1cc(N2CCC(=NO)CC2)ncn1. The van der Waals surface area contributed by atoms with Crippen molar-refractivity contribution in [2.24, 2.45) is 5.16 Å². The van der Waals surface area contributed by atoms with Gasteiger partial charge in [-0.3, -0.25) is 0 Å². The van der Waals surface area contributed by atoms with E-state index in [0.29, 0.717) is 5.92 Å². The standard InChI is InChI=1S/C12H18N4O/c1-9(2)11-7-12(14-8-13-11)16-5-3-10(15-17)4-6-16/h7-9,17H,3-6H2,1-2H3. The molecule has 5 heteroatoms. The van der Waals surface area contributed by atoms with Crippen LogP contribution in [-0.2, 0) is 0 Å². The zero-order valence-electron chi connectivity index (χ0n) is 10.3. The van der Waals surface area contributed by atoms with Gasteiger partial charge in [0.05, 0.1) is 5.71 Å². The predicted octanol–water partition coefficient (Wildman–Crippen LogP) is 2.03. The van der Waals surface area contributed by atoms with E-state index in [2.05, 4.69) is 33.9 Å². The van der Waals surface area contributed by atoms with Crippen molar-refractivity contribution >= 4 is 11.5 Å². The summed E-state index contributed by atoms with van der Waals surface area (Å²) in [6.45, 7) is 5.96. The molecule has 1 fully saturated rings. The second-order valence-electron chi connectivity index (χ2n) is 4.61. The first-order valence-corrected chi connectivity index (χ1v) is 5.97. The van der Waals surface area contributed by atoms with Gasteiger partial charge in [-0.2, -0.15) is 0 Å². The van der Waals surface area contributed by atoms with E-state index in [4.69, 9.17) is 5.21 Å². The monoisotopic (exact) mass is 234 g/mol. The van der Waals surface area contributed by atoms with Crippen molar-refractivity contribution in [2.75, 3.05) is 18.0 Å². The molecule has 2 rings (SSSR count). The van der Waals surface area contributed by atoms with E-state index in [1.54, 1.807) is 6.33 Å². The molecule has 0 atom stereocenters. The minimum Gasteiger partial charge on any atom is -0.411 e. The lowest BCUT2D eigenvalue weighted by atomic mass is 10.1. The van der Waals surface area contributed by atoms with Gasteiger partial charge in [0.2, 0.25) is 0 Å². The number of oxime groups is 1. The van der Waals surface area contributed by atoms with Crippen molar-refractivity contribution in [3.63, 3.8) is 0 Å². The molecular weight excluding hydrogens is 216 g/mol. The van der Waals surface area contributed by atoms with Crippen molar-refractivity contribution in [3.8, 4) is 0 Å². The Morgan fingerprint density at radius 2 is 2.00 bits per heavy atom. The van der Waals surface area contributed by atoms with Crippen molar-refractivity contribution in [1.82, 2.24) is 9.97 Å². The largest absolute Gasteiger partial charge is 0.411 e. The second kappa shape index (κ2) is 5.12. The second-order valence-corrected chi connectivity index (χ2v) is 4.61. The fourth-order valence-electron chi connectivity index (χ4n) is 1.94. The van der Waals surface area contributed by atoms with E-state index >= 15 is 0 Å². The molecule has 0 unspecified atom stereocenters. The average molecular weight is 234 g/mol. The van der Waals surface area contributed by atoms with E-state index in [0.717, 1.165) is 43.2 Å². The van der Waals surface area contributed by atoms with Crippen LogP contribution in [0.1, 0.15) is 38.3 Å². The molecule has 0 bridgehead atoms. The minimum atomic E-state index is 0.413. The third-order valence-corrected chi connectivity index (χ3v) is 3.07. The quantitative estimate of drug-likeness (QED) is 0.628. The maximum Gasteiger partial charge on any atom is 0.132 e. The number of aromatic nitrogens is 2. The summed E-state index contributed by atoms with van der Waals surface area (Å²) in [6.07, 6.45) is 3.23. The Morgan fingerprint density at radius 3 is 2.59 bits per heavy atom. The van der Waals surface area contributed by atoms with E-state index < -0.39 is 0 Å². The molecule has 1 aliphatic heterocycles. The molecule has 0 spiro atoms. The lowest BCUT2D eigenvalue weighted by Gasteiger charge is -2.28. The normalized spacial score (nSPS) is 16.4. The summed E-state index contributed by atoms with van der Waals surface area (Å²) in [6, 6.07) is 2.05. The third-order valence-electron chi connectivity index (χ3n) is 3.07. The zero-order valence-corrected chi connectivity index (χ0v) is 10.3. The molecular formula is C12H18N4O. The third kappa shape index (κ3) is 2.72. The highest BCUT2D eigenvalue weighted by Gasteiger charge is 2.17. The topological polar surface area (TPSA) is 61.6 Å². The molecule has 0 amide bonds. The van der Waals surface area contributed by atoms with Gasteiger partial charge in [-0.1, -0.05) is 19.0 Å². The Morgan fingerprint density at radius 1 is 1.29 bits per heavy atom. The number of piperidine rings is 1. The van der Waals surface area contributed by atoms with Gasteiger partial charge in [-0.25, -0.2) is 9.97 Å². The van der Waals surface area contributed by atoms with Crippen LogP contribution in [0.3, 0.4) is 0 Å². The molecule has 1 aliphatic rings. The highest BCUT2D eigenvalue weighted by molar-refractivity contribution is 5.85. The molecule has 1 N–H and O–H groups in total. The first-order valence-electron chi connectivity index (χ1n) is 5.97. The molecule has 1 aromatic heterocycles. The van der Waals surface area contributed by atoms with Crippen molar-refractivity contribution < 1.29 is 5.21 Å². The summed E-state index contributed by atoms with van der Waals surface area (Å²) in [5.74, 6) is 1.39. The van der Waals surface area contributed by atoms with Crippen molar-refractivity contribution in [2.45, 2.75) is 32.6 Å². The number of hydrogen-bond acceptors (Lipinski definition) is 5. The molecule has 17 heavy (non-hydrogen) atoms. The summed E-state index contributed by atoms with van der Waals surface area (Å²) >= 11 is 0. The molecule has 0 aliphatic carbocycles. The summed E-state index contributed by atoms with van der Waals surface area (Å²) in [4.78, 5) is 10.8. The summed E-state index contributed by atoms with van der Waals surface area (Å²) in [5, 5.41) is 12.0. The van der Waals surface area contributed by atoms with Gasteiger partial charge in [0.15, 0.2) is 0 Å². The summed E-state index contributed by atoms with van der Waals surface area (Å²) in [7, 11) is 0. The van der Waals surface area contributed by atoms with Crippen LogP contribution in [0.2, 0.25) is 0 Å². The van der Waals surface area contributed by atoms with Crippen molar-refractivity contribution in [1.29, 1.82) is 0 Å². The molecule has 0 radical (unpaired) electrons. The molecule has 92 valence electrons. The summed E-state index contributed by atoms with van der Waals surface area (Å²) < 4.78 is 0. The highest BCUT2D eigenvalue weighted by Crippen LogP contribution is 2.19. The fraction of sp³-hybridized carbons (Fsp3) is 0.583. The zero-order chi connectivity index (χ0) is 12.3. The number of anilines is 1. The Hall–Kier alpha value is -1.65. The van der Waals surface area contributed by atoms with Crippen LogP contribution in [0.4, 0.5) is 5.82 Å². The van der Waals surface area contributed by atoms with Gasteiger partial charge < -0.3 is 10.1 Å². The van der Waals surface area contributed by atoms with E-state index in [-0.39, 0.29) is 0 Å². The lowest BCUT2D eigenvalue weighted by Crippen LogP contribution is -2.34. The van der Waals surface area contributed by atoms with Gasteiger partial charge in [0, 0.05) is 37.7 Å². The minimum absolute atomic E-state index is 0.413. The maximum absolute atomic E-state index is 8.71. The molecule has 5 nitrogen and oxygen atoms in total. The first-order chi connectivity index (χ1) is 8.20. The number of rotatable bonds is 2. The fourth-order valence-corrected chi connectivity index (χ4v) is 1.94. The van der Waals surface area contributed by atoms with Gasteiger partial charge in [-0.15, -0.1) is 0 Å². The predicted molar refractivity (Wildman–Crippen MR) is 66.8 cm³/mol. The van der Waals surface area contributed by atoms with Crippen LogP contribution < -0.4 is 4.90 Å². The first kappa shape index (κ1) is 11.8. The molecule has 0 saturated carbocycles. The highest BCUT2D eigenvalue weighted by atomic mass is 16.4.